The van der Waals surface area contributed by atoms with Gasteiger partial charge in [0.05, 0.1) is 0 Å². The fraction of sp³-hybridized carbons (Fsp3) is 0.714. The average Bonchev–Trinajstić information content (AvgIpc) is 2.13. The molecule has 16 heavy (non-hydrogen) atoms. The van der Waals surface area contributed by atoms with Crippen LogP contribution in [0.5, 0.6) is 0 Å². The van der Waals surface area contributed by atoms with E-state index in [-0.39, 0.29) is 0 Å². The van der Waals surface area contributed by atoms with Gasteiger partial charge < -0.3 is 4.43 Å². The highest BCUT2D eigenvalue weighted by atomic mass is 28.4. The van der Waals surface area contributed by atoms with Crippen LogP contribution in [0.1, 0.15) is 34.6 Å². The summed E-state index contributed by atoms with van der Waals surface area (Å²) in [5, 5.41) is 0.296. The molecule has 0 bridgehead atoms. The van der Waals surface area contributed by atoms with E-state index in [1.807, 2.05) is 6.08 Å². The predicted octanol–water partition coefficient (Wildman–Crippen LogP) is 4.78. The lowest BCUT2D eigenvalue weighted by Crippen LogP contribution is -2.41. The molecule has 0 rings (SSSR count). The maximum absolute atomic E-state index is 6.16. The quantitative estimate of drug-likeness (QED) is 0.496. The molecule has 0 amide bonds. The van der Waals surface area contributed by atoms with Gasteiger partial charge in [0.25, 0.3) is 0 Å². The van der Waals surface area contributed by atoms with Gasteiger partial charge in [-0.25, -0.2) is 0 Å². The van der Waals surface area contributed by atoms with Gasteiger partial charge in [0.1, 0.15) is 0 Å². The molecule has 0 aliphatic heterocycles. The van der Waals surface area contributed by atoms with Crippen molar-refractivity contribution in [3.8, 4) is 0 Å². The number of hydrogen-bond donors (Lipinski definition) is 0. The predicted molar refractivity (Wildman–Crippen MR) is 76.3 cm³/mol. The maximum atomic E-state index is 6.16. The van der Waals surface area contributed by atoms with Crippen molar-refractivity contribution >= 4 is 8.32 Å². The van der Waals surface area contributed by atoms with E-state index in [0.29, 0.717) is 11.0 Å². The molecule has 0 aromatic carbocycles. The molecule has 1 atom stereocenters. The molecule has 0 saturated carbocycles. The van der Waals surface area contributed by atoms with Crippen LogP contribution in [0, 0.1) is 5.92 Å². The summed E-state index contributed by atoms with van der Waals surface area (Å²) in [7, 11) is -1.58. The van der Waals surface area contributed by atoms with Crippen molar-refractivity contribution in [3.05, 3.63) is 24.3 Å². The van der Waals surface area contributed by atoms with Gasteiger partial charge in [0, 0.05) is 6.61 Å². The highest BCUT2D eigenvalue weighted by molar-refractivity contribution is 6.74. The molecule has 0 unspecified atom stereocenters. The van der Waals surface area contributed by atoms with E-state index in [9.17, 15) is 0 Å². The van der Waals surface area contributed by atoms with Crippen LogP contribution < -0.4 is 0 Å². The summed E-state index contributed by atoms with van der Waals surface area (Å²) in [5.41, 5.74) is 1.23. The molecule has 0 N–H and O–H groups in total. The zero-order chi connectivity index (χ0) is 13.0. The molecule has 0 heterocycles. The second kappa shape index (κ2) is 5.83. The minimum Gasteiger partial charge on any atom is -0.416 e. The largest absolute Gasteiger partial charge is 0.416 e. The topological polar surface area (TPSA) is 9.23 Å². The van der Waals surface area contributed by atoms with Crippen LogP contribution in [0.2, 0.25) is 18.1 Å². The number of allylic oxidation sites excluding steroid dienone is 2. The van der Waals surface area contributed by atoms with E-state index in [1.165, 1.54) is 5.57 Å². The maximum Gasteiger partial charge on any atom is 0.192 e. The second-order valence-electron chi connectivity index (χ2n) is 6.16. The summed E-state index contributed by atoms with van der Waals surface area (Å²) >= 11 is 0. The molecule has 0 aromatic rings. The van der Waals surface area contributed by atoms with E-state index in [0.717, 1.165) is 6.61 Å². The van der Waals surface area contributed by atoms with Crippen LogP contribution >= 0.6 is 0 Å². The summed E-state index contributed by atoms with van der Waals surface area (Å²) in [6.45, 7) is 20.3. The van der Waals surface area contributed by atoms with Gasteiger partial charge in [-0.05, 0) is 31.0 Å². The molecule has 0 fully saturated rings. The Labute approximate surface area is 103 Å². The van der Waals surface area contributed by atoms with Crippen molar-refractivity contribution in [3.63, 3.8) is 0 Å². The van der Waals surface area contributed by atoms with Crippen LogP contribution in [0.4, 0.5) is 0 Å². The average molecular weight is 240 g/mol. The van der Waals surface area contributed by atoms with E-state index < -0.39 is 8.32 Å². The van der Waals surface area contributed by atoms with Crippen molar-refractivity contribution < 1.29 is 4.43 Å². The second-order valence-corrected chi connectivity index (χ2v) is 11.0. The van der Waals surface area contributed by atoms with Crippen LogP contribution in [0.15, 0.2) is 24.3 Å². The smallest absolute Gasteiger partial charge is 0.192 e. The molecule has 0 aliphatic carbocycles. The fourth-order valence-corrected chi connectivity index (χ4v) is 2.23. The van der Waals surface area contributed by atoms with Crippen LogP contribution in [0.25, 0.3) is 0 Å². The lowest BCUT2D eigenvalue weighted by atomic mass is 10.1. The Morgan fingerprint density at radius 2 is 1.88 bits per heavy atom. The van der Waals surface area contributed by atoms with Gasteiger partial charge in [0.15, 0.2) is 8.32 Å². The number of rotatable bonds is 5. The SMILES string of the molecule is C=C/C(C)=C\[C@H](C)CO[Si](C)(C)C(C)(C)C. The van der Waals surface area contributed by atoms with Gasteiger partial charge in [-0.3, -0.25) is 0 Å². The molecule has 0 aromatic heterocycles. The molecule has 94 valence electrons. The minimum atomic E-state index is -1.58. The lowest BCUT2D eigenvalue weighted by molar-refractivity contribution is 0.259. The Balaban J connectivity index is 4.31. The monoisotopic (exact) mass is 240 g/mol. The van der Waals surface area contributed by atoms with E-state index in [4.69, 9.17) is 4.43 Å². The summed E-state index contributed by atoms with van der Waals surface area (Å²) in [4.78, 5) is 0. The first kappa shape index (κ1) is 15.7. The van der Waals surface area contributed by atoms with Crippen LogP contribution in [-0.4, -0.2) is 14.9 Å². The van der Waals surface area contributed by atoms with Gasteiger partial charge in [-0.15, -0.1) is 0 Å². The lowest BCUT2D eigenvalue weighted by Gasteiger charge is -2.36. The summed E-state index contributed by atoms with van der Waals surface area (Å²) in [6, 6.07) is 0. The van der Waals surface area contributed by atoms with Crippen molar-refractivity contribution in [1.82, 2.24) is 0 Å². The highest BCUT2D eigenvalue weighted by Gasteiger charge is 2.37. The third kappa shape index (κ3) is 5.13. The molecular formula is C14H28OSi. The van der Waals surface area contributed by atoms with Crippen molar-refractivity contribution in [2.75, 3.05) is 6.61 Å². The summed E-state index contributed by atoms with van der Waals surface area (Å²) in [5.74, 6) is 0.465. The first-order valence-corrected chi connectivity index (χ1v) is 8.96. The Hall–Kier alpha value is -0.343. The molecule has 0 saturated heterocycles. The third-order valence-electron chi connectivity index (χ3n) is 3.38. The first-order valence-electron chi connectivity index (χ1n) is 6.05. The molecule has 2 heteroatoms. The van der Waals surface area contributed by atoms with E-state index in [1.54, 1.807) is 0 Å². The number of hydrogen-bond acceptors (Lipinski definition) is 1. The molecule has 1 nitrogen and oxygen atoms in total. The summed E-state index contributed by atoms with van der Waals surface area (Å²) in [6.07, 6.45) is 4.11. The fourth-order valence-electron chi connectivity index (χ4n) is 1.12. The van der Waals surface area contributed by atoms with Gasteiger partial charge in [-0.1, -0.05) is 52.0 Å². The van der Waals surface area contributed by atoms with E-state index in [2.05, 4.69) is 60.4 Å². The standard InChI is InChI=1S/C14H28OSi/c1-9-12(2)10-13(3)11-15-16(7,8)14(4,5)6/h9-10,13H,1,11H2,2-8H3/b12-10-/t13-/m0/s1. The van der Waals surface area contributed by atoms with Crippen LogP contribution in [0.3, 0.4) is 0 Å². The van der Waals surface area contributed by atoms with Gasteiger partial charge >= 0.3 is 0 Å². The zero-order valence-corrected chi connectivity index (χ0v) is 13.1. The Morgan fingerprint density at radius 3 is 2.25 bits per heavy atom. The van der Waals surface area contributed by atoms with Crippen molar-refractivity contribution in [2.45, 2.75) is 52.8 Å². The molecular weight excluding hydrogens is 212 g/mol. The Morgan fingerprint density at radius 1 is 1.38 bits per heavy atom. The molecule has 0 spiro atoms. The van der Waals surface area contributed by atoms with Gasteiger partial charge in [0.2, 0.25) is 0 Å². The van der Waals surface area contributed by atoms with Crippen LogP contribution in [-0.2, 0) is 4.43 Å². The van der Waals surface area contributed by atoms with E-state index >= 15 is 0 Å². The third-order valence-corrected chi connectivity index (χ3v) is 7.88. The molecule has 0 radical (unpaired) electrons. The van der Waals surface area contributed by atoms with Crippen molar-refractivity contribution in [2.24, 2.45) is 5.92 Å². The normalized spacial score (nSPS) is 16.1. The molecule has 0 aliphatic rings. The highest BCUT2D eigenvalue weighted by Crippen LogP contribution is 2.36. The zero-order valence-electron chi connectivity index (χ0n) is 12.1. The van der Waals surface area contributed by atoms with Gasteiger partial charge in [-0.2, -0.15) is 0 Å². The van der Waals surface area contributed by atoms with Crippen molar-refractivity contribution in [1.29, 1.82) is 0 Å². The summed E-state index contributed by atoms with van der Waals surface area (Å²) < 4.78 is 6.16. The Bertz CT molecular complexity index is 258. The Kier molecular flexibility index (Phi) is 5.70. The minimum absolute atomic E-state index is 0.296. The first-order chi connectivity index (χ1) is 7.10.